The van der Waals surface area contributed by atoms with Crippen molar-refractivity contribution in [3.8, 4) is 16.2 Å². The first kappa shape index (κ1) is 53.5. The fourth-order valence-electron chi connectivity index (χ4n) is 9.59. The Balaban J connectivity index is 0.792. The first-order chi connectivity index (χ1) is 33.8. The maximum atomic E-state index is 16.0. The normalized spacial score (nSPS) is 18.9. The van der Waals surface area contributed by atoms with E-state index in [1.807, 2.05) is 88.0 Å². The molecule has 0 bridgehead atoms. The maximum Gasteiger partial charge on any atom is 0.246 e. The highest BCUT2D eigenvalue weighted by atomic mass is 32.1. The number of aromatic amines is 1. The average Bonchev–Trinajstić information content (AvgIpc) is 4.03. The number of carbonyl (C=O) groups excluding carboxylic acids is 3. The third-order valence-corrected chi connectivity index (χ3v) is 14.1. The molecule has 71 heavy (non-hydrogen) atoms. The number of nitrogens with zero attached hydrogens (tertiary/aromatic N) is 3. The van der Waals surface area contributed by atoms with Gasteiger partial charge >= 0.3 is 0 Å². The summed E-state index contributed by atoms with van der Waals surface area (Å²) >= 11 is 1.57. The van der Waals surface area contributed by atoms with Crippen LogP contribution < -0.4 is 15.4 Å². The van der Waals surface area contributed by atoms with Crippen LogP contribution in [0.4, 0.5) is 13.2 Å². The van der Waals surface area contributed by atoms with Crippen molar-refractivity contribution in [2.75, 3.05) is 46.1 Å². The van der Waals surface area contributed by atoms with Gasteiger partial charge in [0.05, 0.1) is 34.8 Å². The van der Waals surface area contributed by atoms with Crippen molar-refractivity contribution < 1.29 is 46.9 Å². The van der Waals surface area contributed by atoms with Crippen molar-refractivity contribution in [2.24, 2.45) is 5.41 Å². The number of benzene rings is 3. The van der Waals surface area contributed by atoms with E-state index in [-0.39, 0.29) is 69.1 Å². The summed E-state index contributed by atoms with van der Waals surface area (Å²) in [6.07, 6.45) is 2.49. The molecule has 2 aliphatic rings. The first-order valence-electron chi connectivity index (χ1n) is 24.7. The summed E-state index contributed by atoms with van der Waals surface area (Å²) in [4.78, 5) is 52.4. The van der Waals surface area contributed by atoms with Gasteiger partial charge in [0.2, 0.25) is 17.7 Å². The lowest BCUT2D eigenvalue weighted by Gasteiger charge is -2.43. The van der Waals surface area contributed by atoms with E-state index in [0.717, 1.165) is 51.0 Å². The summed E-state index contributed by atoms with van der Waals surface area (Å²) in [5.74, 6) is -2.72. The molecule has 1 unspecified atom stereocenters. The number of hydrogen-bond donors (Lipinski definition) is 4. The van der Waals surface area contributed by atoms with Gasteiger partial charge in [-0.25, -0.2) is 18.2 Å². The third kappa shape index (κ3) is 13.6. The molecule has 1 saturated heterocycles. The molecule has 3 aromatic carbocycles. The Morgan fingerprint density at radius 2 is 1.63 bits per heavy atom. The number of aliphatic hydroxyl groups is 1. The lowest BCUT2D eigenvalue weighted by molar-refractivity contribution is -0.144. The van der Waals surface area contributed by atoms with Crippen molar-refractivity contribution in [2.45, 2.75) is 129 Å². The summed E-state index contributed by atoms with van der Waals surface area (Å²) in [5.41, 5.74) is 4.78. The number of hydrogen-bond acceptors (Lipinski definition) is 10. The molecule has 3 amide bonds. The van der Waals surface area contributed by atoms with Crippen molar-refractivity contribution in [3.63, 3.8) is 0 Å². The zero-order chi connectivity index (χ0) is 51.0. The molecule has 17 heteroatoms. The molecule has 5 atom stereocenters. The van der Waals surface area contributed by atoms with Crippen LogP contribution in [0.3, 0.4) is 0 Å². The molecular weight excluding hydrogens is 934 g/mol. The van der Waals surface area contributed by atoms with Crippen LogP contribution in [0.25, 0.3) is 21.3 Å². The number of β-amino-alcohol motifs (C(OH)–C–C–N with tert-alkyl or cyclic N) is 1. The van der Waals surface area contributed by atoms with Crippen LogP contribution in [0.2, 0.25) is 0 Å². The smallest absolute Gasteiger partial charge is 0.246 e. The van der Waals surface area contributed by atoms with Gasteiger partial charge in [-0.2, -0.15) is 0 Å². The van der Waals surface area contributed by atoms with E-state index in [1.54, 1.807) is 16.8 Å². The molecular formula is C54H69F3N6O7S. The topological polar surface area (TPSA) is 158 Å². The second-order valence-corrected chi connectivity index (χ2v) is 21.4. The molecule has 2 aliphatic heterocycles. The number of likely N-dealkylation sites (tertiary alicyclic amines) is 1. The fraction of sp³-hybridized carbons (Fsp3) is 0.519. The van der Waals surface area contributed by atoms with Crippen LogP contribution in [0, 0.1) is 24.0 Å². The number of unbranched alkanes of at least 4 members (excludes halogenated alkanes) is 2. The number of aliphatic hydroxyl groups excluding tert-OH is 1. The minimum Gasteiger partial charge on any atom is -0.493 e. The zero-order valence-corrected chi connectivity index (χ0v) is 42.7. The highest BCUT2D eigenvalue weighted by Gasteiger charge is 2.45. The quantitative estimate of drug-likeness (QED) is 0.0498. The molecule has 2 aromatic heterocycles. The van der Waals surface area contributed by atoms with Gasteiger partial charge in [0, 0.05) is 86.2 Å². The first-order valence-corrected chi connectivity index (χ1v) is 25.5. The van der Waals surface area contributed by atoms with Crippen LogP contribution in [-0.4, -0.2) is 119 Å². The van der Waals surface area contributed by atoms with E-state index in [0.29, 0.717) is 38.2 Å². The van der Waals surface area contributed by atoms with Crippen LogP contribution in [0.1, 0.15) is 108 Å². The van der Waals surface area contributed by atoms with Gasteiger partial charge in [-0.15, -0.1) is 11.3 Å². The van der Waals surface area contributed by atoms with E-state index in [4.69, 9.17) is 14.2 Å². The molecule has 0 aliphatic carbocycles. The van der Waals surface area contributed by atoms with Gasteiger partial charge in [0.1, 0.15) is 41.7 Å². The predicted molar refractivity (Wildman–Crippen MR) is 269 cm³/mol. The van der Waals surface area contributed by atoms with Crippen LogP contribution in [0.15, 0.2) is 66.2 Å². The summed E-state index contributed by atoms with van der Waals surface area (Å²) < 4.78 is 64.3. The minimum absolute atomic E-state index is 0.00373. The molecule has 1 fully saturated rings. The van der Waals surface area contributed by atoms with Crippen molar-refractivity contribution in [1.29, 1.82) is 0 Å². The molecule has 4 heterocycles. The summed E-state index contributed by atoms with van der Waals surface area (Å²) in [6.45, 7) is 13.7. The monoisotopic (exact) mass is 1000 g/mol. The number of nitrogens with one attached hydrogen (secondary N) is 3. The molecule has 7 rings (SSSR count). The Morgan fingerprint density at radius 1 is 0.944 bits per heavy atom. The average molecular weight is 1000 g/mol. The van der Waals surface area contributed by atoms with E-state index >= 15 is 13.2 Å². The van der Waals surface area contributed by atoms with Gasteiger partial charge in [0.25, 0.3) is 0 Å². The highest BCUT2D eigenvalue weighted by Crippen LogP contribution is 2.44. The lowest BCUT2D eigenvalue weighted by atomic mass is 9.85. The molecule has 13 nitrogen and oxygen atoms in total. The number of aryl methyl sites for hydroxylation is 1. The number of thiazole rings is 1. The fourth-order valence-corrected chi connectivity index (χ4v) is 10.4. The Labute approximate surface area is 418 Å². The molecule has 0 radical (unpaired) electrons. The number of para-hydroxylation sites is 1. The molecule has 0 spiro atoms. The number of halogens is 3. The van der Waals surface area contributed by atoms with E-state index in [1.165, 1.54) is 30.9 Å². The van der Waals surface area contributed by atoms with E-state index in [2.05, 4.69) is 20.6 Å². The number of ether oxygens (including phenoxy) is 3. The maximum absolute atomic E-state index is 16.0. The number of rotatable bonds is 22. The summed E-state index contributed by atoms with van der Waals surface area (Å²) in [5, 5.41) is 17.3. The largest absolute Gasteiger partial charge is 0.493 e. The van der Waals surface area contributed by atoms with Crippen molar-refractivity contribution in [1.82, 2.24) is 30.4 Å². The van der Waals surface area contributed by atoms with Crippen molar-refractivity contribution >= 4 is 40.0 Å². The standard InChI is InChI=1S/C54H69F3N6O7S/c1-33-24-40-39-14-9-10-15-43(39)60-47(40)48(63(33)31-54(6,7)57)46-41(55)26-38(27-42(46)56)70-23-12-8-11-20-68-21-13-22-69-30-45(65)61-50(53(3,4)5)52(67)62-29-37(64)25-44(62)51(66)58-28-35-16-18-36(19-17-35)49-34(2)59-32-71-49/h9-10,14-19,26-27,32-33,37,44,48,50,60,64H,8,11-13,20-25,28-31H2,1-7H3,(H,58,66)(H,61,65)/t33-,37-,44+,48?,50-/m1/s1. The predicted octanol–water partition coefficient (Wildman–Crippen LogP) is 8.74. The van der Waals surface area contributed by atoms with Gasteiger partial charge in [-0.3, -0.25) is 19.3 Å². The van der Waals surface area contributed by atoms with Gasteiger partial charge < -0.3 is 39.8 Å². The SMILES string of the molecule is Cc1ncsc1-c1ccc(CNC(=O)[C@@H]2C[C@@H](O)CN2C(=O)[C@@H](NC(=O)COCCCOCCCCCOc2cc(F)c(C3c4[nH]c5ccccc5c4C[C@@H](C)N3CC(C)(C)F)c(F)c2)C(C)(C)C)cc1. The van der Waals surface area contributed by atoms with Crippen molar-refractivity contribution in [3.05, 3.63) is 106 Å². The Kier molecular flexibility index (Phi) is 17.7. The number of alkyl halides is 1. The second kappa shape index (κ2) is 23.5. The molecule has 384 valence electrons. The van der Waals surface area contributed by atoms with Gasteiger partial charge in [-0.05, 0) is 88.0 Å². The third-order valence-electron chi connectivity index (χ3n) is 13.1. The van der Waals surface area contributed by atoms with E-state index < -0.39 is 58.8 Å². The van der Waals surface area contributed by atoms with E-state index in [9.17, 15) is 19.5 Å². The Morgan fingerprint density at radius 3 is 2.32 bits per heavy atom. The molecule has 5 aromatic rings. The van der Waals surface area contributed by atoms with Gasteiger partial charge in [-0.1, -0.05) is 63.2 Å². The highest BCUT2D eigenvalue weighted by molar-refractivity contribution is 7.13. The Hall–Kier alpha value is -5.33. The van der Waals surface area contributed by atoms with Crippen LogP contribution >= 0.6 is 11.3 Å². The van der Waals surface area contributed by atoms with Crippen LogP contribution in [0.5, 0.6) is 5.75 Å². The Bertz CT molecular complexity index is 2590. The minimum atomic E-state index is -1.59. The molecule has 4 N–H and O–H groups in total. The number of H-pyrrole nitrogens is 1. The summed E-state index contributed by atoms with van der Waals surface area (Å²) in [7, 11) is 0. The second-order valence-electron chi connectivity index (χ2n) is 20.6. The van der Waals surface area contributed by atoms with Crippen LogP contribution in [-0.2, 0) is 36.8 Å². The number of amides is 3. The number of carbonyl (C=O) groups is 3. The number of fused-ring (bicyclic) bond motifs is 3. The zero-order valence-electron chi connectivity index (χ0n) is 41.9. The molecule has 0 saturated carbocycles. The summed E-state index contributed by atoms with van der Waals surface area (Å²) in [6, 6.07) is 15.1. The number of aromatic nitrogens is 2. The van der Waals surface area contributed by atoms with Gasteiger partial charge in [0.15, 0.2) is 0 Å². The lowest BCUT2D eigenvalue weighted by Crippen LogP contribution is -2.58.